The van der Waals surface area contributed by atoms with Gasteiger partial charge in [-0.15, -0.1) is 11.3 Å². The van der Waals surface area contributed by atoms with Crippen molar-refractivity contribution in [1.29, 1.82) is 0 Å². The topological polar surface area (TPSA) is 55.7 Å². The fraction of sp³-hybridized carbons (Fsp3) is 0.111. The van der Waals surface area contributed by atoms with Gasteiger partial charge in [0.15, 0.2) is 11.5 Å². The molecule has 3 aromatic rings. The quantitative estimate of drug-likeness (QED) is 0.473. The summed E-state index contributed by atoms with van der Waals surface area (Å²) < 4.78 is 34.8. The molecule has 3 rings (SSSR count). The van der Waals surface area contributed by atoms with Crippen LogP contribution in [-0.2, 0) is 0 Å². The molecule has 0 amide bonds. The molecule has 5 nitrogen and oxygen atoms in total. The van der Waals surface area contributed by atoms with Crippen molar-refractivity contribution in [1.82, 2.24) is 4.98 Å². The molecule has 0 bridgehead atoms. The van der Waals surface area contributed by atoms with Crippen LogP contribution in [-0.4, -0.2) is 24.9 Å². The molecule has 2 aromatic carbocycles. The molecule has 0 aliphatic carbocycles. The predicted octanol–water partition coefficient (Wildman–Crippen LogP) is 4.87. The summed E-state index contributed by atoms with van der Waals surface area (Å²) >= 11 is 1.39. The number of rotatable bonds is 7. The van der Waals surface area contributed by atoms with Gasteiger partial charge in [-0.05, 0) is 12.1 Å². The highest BCUT2D eigenvalue weighted by atomic mass is 32.1. The highest BCUT2D eigenvalue weighted by molar-refractivity contribution is 7.14. The van der Waals surface area contributed by atoms with E-state index in [-0.39, 0.29) is 11.5 Å². The lowest BCUT2D eigenvalue weighted by molar-refractivity contribution is -0.0513. The van der Waals surface area contributed by atoms with E-state index in [9.17, 15) is 8.78 Å². The zero-order valence-electron chi connectivity index (χ0n) is 13.7. The van der Waals surface area contributed by atoms with E-state index in [0.717, 1.165) is 11.3 Å². The number of anilines is 1. The van der Waals surface area contributed by atoms with Crippen LogP contribution in [0.4, 0.5) is 13.9 Å². The maximum atomic E-state index is 12.6. The number of alkyl halides is 2. The molecule has 0 radical (unpaired) electrons. The fourth-order valence-corrected chi connectivity index (χ4v) is 2.90. The van der Waals surface area contributed by atoms with Gasteiger partial charge in [0.25, 0.3) is 0 Å². The Morgan fingerprint density at radius 3 is 2.69 bits per heavy atom. The van der Waals surface area contributed by atoms with Crippen molar-refractivity contribution >= 4 is 22.7 Å². The molecule has 134 valence electrons. The Morgan fingerprint density at radius 1 is 1.15 bits per heavy atom. The van der Waals surface area contributed by atoms with Gasteiger partial charge in [-0.3, -0.25) is 5.43 Å². The third-order valence-electron chi connectivity index (χ3n) is 3.37. The normalized spacial score (nSPS) is 11.1. The molecule has 8 heteroatoms. The summed E-state index contributed by atoms with van der Waals surface area (Å²) in [5.41, 5.74) is 4.98. The molecule has 26 heavy (non-hydrogen) atoms. The van der Waals surface area contributed by atoms with Gasteiger partial charge in [-0.1, -0.05) is 36.4 Å². The van der Waals surface area contributed by atoms with Crippen LogP contribution in [0.3, 0.4) is 0 Å². The lowest BCUT2D eigenvalue weighted by atomic mass is 10.2. The van der Waals surface area contributed by atoms with E-state index in [0.29, 0.717) is 10.7 Å². The number of thiazole rings is 1. The average molecular weight is 375 g/mol. The second-order valence-corrected chi connectivity index (χ2v) is 5.89. The maximum Gasteiger partial charge on any atom is 0.387 e. The second-order valence-electron chi connectivity index (χ2n) is 5.03. The first kappa shape index (κ1) is 17.8. The molecular formula is C18H15F2N3O2S. The first-order chi connectivity index (χ1) is 12.7. The number of aromatic nitrogens is 1. The predicted molar refractivity (Wildman–Crippen MR) is 98.4 cm³/mol. The van der Waals surface area contributed by atoms with Crippen LogP contribution in [0.15, 0.2) is 59.0 Å². The molecule has 1 N–H and O–H groups in total. The smallest absolute Gasteiger partial charge is 0.387 e. The Labute approximate surface area is 152 Å². The van der Waals surface area contributed by atoms with Gasteiger partial charge in [0.05, 0.1) is 19.0 Å². The van der Waals surface area contributed by atoms with Crippen LogP contribution in [0.25, 0.3) is 11.3 Å². The van der Waals surface area contributed by atoms with Crippen LogP contribution < -0.4 is 14.9 Å². The van der Waals surface area contributed by atoms with Crippen molar-refractivity contribution < 1.29 is 18.3 Å². The van der Waals surface area contributed by atoms with E-state index in [1.807, 2.05) is 35.7 Å². The molecule has 0 aliphatic rings. The molecule has 1 aromatic heterocycles. The molecule has 0 atom stereocenters. The Balaban J connectivity index is 1.74. The Bertz CT molecular complexity index is 885. The first-order valence-corrected chi connectivity index (χ1v) is 8.47. The summed E-state index contributed by atoms with van der Waals surface area (Å²) in [5.74, 6) is 0.134. The zero-order chi connectivity index (χ0) is 18.4. The number of nitrogens with one attached hydrogen (secondary N) is 1. The van der Waals surface area contributed by atoms with E-state index in [1.54, 1.807) is 12.1 Å². The zero-order valence-corrected chi connectivity index (χ0v) is 14.5. The summed E-state index contributed by atoms with van der Waals surface area (Å²) in [6.07, 6.45) is 1.38. The Morgan fingerprint density at radius 2 is 1.96 bits per heavy atom. The third kappa shape index (κ3) is 4.34. The van der Waals surface area contributed by atoms with E-state index in [2.05, 4.69) is 20.2 Å². The summed E-state index contributed by atoms with van der Waals surface area (Å²) in [4.78, 5) is 4.43. The number of benzene rings is 2. The van der Waals surface area contributed by atoms with Crippen molar-refractivity contribution in [2.24, 2.45) is 5.10 Å². The number of nitrogens with zero attached hydrogens (tertiary/aromatic N) is 2. The van der Waals surface area contributed by atoms with Gasteiger partial charge in [0, 0.05) is 16.5 Å². The second kappa shape index (κ2) is 8.39. The van der Waals surface area contributed by atoms with E-state index in [4.69, 9.17) is 4.74 Å². The summed E-state index contributed by atoms with van der Waals surface area (Å²) in [7, 11) is 1.38. The average Bonchev–Trinajstić information content (AvgIpc) is 3.12. The number of hydrogen-bond acceptors (Lipinski definition) is 6. The third-order valence-corrected chi connectivity index (χ3v) is 4.12. The number of halogens is 2. The van der Waals surface area contributed by atoms with Crippen LogP contribution in [0.1, 0.15) is 5.56 Å². The first-order valence-electron chi connectivity index (χ1n) is 7.59. The molecule has 1 heterocycles. The number of methoxy groups -OCH3 is 1. The SMILES string of the molecule is COc1cccc(/C=N\Nc2nc(-c3ccccc3)cs2)c1OC(F)F. The van der Waals surface area contributed by atoms with Crippen LogP contribution in [0, 0.1) is 0 Å². The lowest BCUT2D eigenvalue weighted by Gasteiger charge is -2.11. The Hall–Kier alpha value is -3.00. The van der Waals surface area contributed by atoms with E-state index in [1.165, 1.54) is 30.7 Å². The summed E-state index contributed by atoms with van der Waals surface area (Å²) in [6, 6.07) is 14.5. The van der Waals surface area contributed by atoms with Gasteiger partial charge in [-0.2, -0.15) is 13.9 Å². The highest BCUT2D eigenvalue weighted by Gasteiger charge is 2.14. The van der Waals surface area contributed by atoms with Crippen molar-refractivity contribution in [3.63, 3.8) is 0 Å². The maximum absolute atomic E-state index is 12.6. The van der Waals surface area contributed by atoms with E-state index < -0.39 is 6.61 Å². The van der Waals surface area contributed by atoms with Crippen molar-refractivity contribution in [3.8, 4) is 22.8 Å². The van der Waals surface area contributed by atoms with Crippen molar-refractivity contribution in [3.05, 3.63) is 59.5 Å². The van der Waals surface area contributed by atoms with Crippen LogP contribution in [0.2, 0.25) is 0 Å². The molecule has 0 spiro atoms. The molecule has 0 unspecified atom stereocenters. The largest absolute Gasteiger partial charge is 0.493 e. The van der Waals surface area contributed by atoms with Gasteiger partial charge >= 0.3 is 6.61 Å². The number of ether oxygens (including phenoxy) is 2. The van der Waals surface area contributed by atoms with Gasteiger partial charge in [0.1, 0.15) is 0 Å². The Kier molecular flexibility index (Phi) is 5.75. The van der Waals surface area contributed by atoms with Gasteiger partial charge < -0.3 is 9.47 Å². The lowest BCUT2D eigenvalue weighted by Crippen LogP contribution is -2.06. The van der Waals surface area contributed by atoms with Crippen molar-refractivity contribution in [2.75, 3.05) is 12.5 Å². The minimum absolute atomic E-state index is 0.0698. The highest BCUT2D eigenvalue weighted by Crippen LogP contribution is 2.31. The molecule has 0 fully saturated rings. The molecule has 0 saturated heterocycles. The number of hydrazone groups is 1. The van der Waals surface area contributed by atoms with Crippen LogP contribution in [0.5, 0.6) is 11.5 Å². The number of para-hydroxylation sites is 1. The molecule has 0 saturated carbocycles. The van der Waals surface area contributed by atoms with Crippen LogP contribution >= 0.6 is 11.3 Å². The van der Waals surface area contributed by atoms with E-state index >= 15 is 0 Å². The minimum Gasteiger partial charge on any atom is -0.493 e. The molecule has 0 aliphatic heterocycles. The fourth-order valence-electron chi connectivity index (χ4n) is 2.23. The number of hydrogen-bond donors (Lipinski definition) is 1. The summed E-state index contributed by atoms with van der Waals surface area (Å²) in [5, 5.41) is 6.54. The van der Waals surface area contributed by atoms with Gasteiger partial charge in [0.2, 0.25) is 5.13 Å². The molecular weight excluding hydrogens is 360 g/mol. The van der Waals surface area contributed by atoms with Gasteiger partial charge in [-0.25, -0.2) is 4.98 Å². The standard InChI is InChI=1S/C18H15F2N3O2S/c1-24-15-9-5-8-13(16(15)25-17(19)20)10-21-23-18-22-14(11-26-18)12-6-3-2-4-7-12/h2-11,17H,1H3,(H,22,23)/b21-10-. The summed E-state index contributed by atoms with van der Waals surface area (Å²) in [6.45, 7) is -2.96. The minimum atomic E-state index is -2.96. The van der Waals surface area contributed by atoms with Crippen molar-refractivity contribution in [2.45, 2.75) is 6.61 Å². The monoisotopic (exact) mass is 375 g/mol.